The highest BCUT2D eigenvalue weighted by molar-refractivity contribution is 7.53. The number of carbonyl (C=O) groups is 2. The summed E-state index contributed by atoms with van der Waals surface area (Å²) in [5, 5.41) is 2.80. The summed E-state index contributed by atoms with van der Waals surface area (Å²) in [6.07, 6.45) is 3.52. The van der Waals surface area contributed by atoms with Gasteiger partial charge in [-0.1, -0.05) is 31.3 Å². The fourth-order valence-electron chi connectivity index (χ4n) is 4.30. The number of fused-ring (bicyclic) bond motifs is 1. The van der Waals surface area contributed by atoms with Crippen LogP contribution < -0.4 is 14.8 Å². The number of amides is 1. The molecule has 0 fully saturated rings. The molecular formula is C28H46NO8PSi. The third-order valence-electron chi connectivity index (χ3n) is 6.49. The Kier molecular flexibility index (Phi) is 12.7. The summed E-state index contributed by atoms with van der Waals surface area (Å²) in [5.74, 6) is 0.745. The molecule has 9 nitrogen and oxygen atoms in total. The van der Waals surface area contributed by atoms with Crippen LogP contribution in [0.1, 0.15) is 60.7 Å². The van der Waals surface area contributed by atoms with E-state index in [1.54, 1.807) is 21.0 Å². The van der Waals surface area contributed by atoms with Gasteiger partial charge in [0.1, 0.15) is 23.7 Å². The highest BCUT2D eigenvalue weighted by Crippen LogP contribution is 2.47. The first-order chi connectivity index (χ1) is 18.4. The maximum atomic E-state index is 12.7. The standard InChI is InChI=1S/C28H46NO8PSi/c1-9-36-38(32,37-10-2)17-15-29-24(30)14-12-20(3)11-13-22-26(33-5)21(4)23-19-35-28(31)25(23)27(22)34-16-18-39(6,7)8/h11H,9-10,12-19H2,1-8H3,(H,29,30)/b20-11+. The van der Waals surface area contributed by atoms with Crippen LogP contribution in [0.2, 0.25) is 25.7 Å². The van der Waals surface area contributed by atoms with E-state index in [4.69, 9.17) is 23.3 Å². The van der Waals surface area contributed by atoms with Crippen LogP contribution in [0, 0.1) is 6.92 Å². The number of esters is 1. The second kappa shape index (κ2) is 15.0. The van der Waals surface area contributed by atoms with Crippen LogP contribution in [-0.4, -0.2) is 59.6 Å². The number of ether oxygens (including phenoxy) is 3. The summed E-state index contributed by atoms with van der Waals surface area (Å²) in [4.78, 5) is 25.0. The van der Waals surface area contributed by atoms with Crippen molar-refractivity contribution in [1.29, 1.82) is 0 Å². The highest BCUT2D eigenvalue weighted by atomic mass is 31.2. The number of rotatable bonds is 17. The van der Waals surface area contributed by atoms with E-state index < -0.39 is 15.7 Å². The zero-order valence-electron chi connectivity index (χ0n) is 24.9. The van der Waals surface area contributed by atoms with Crippen molar-refractivity contribution in [2.24, 2.45) is 0 Å². The van der Waals surface area contributed by atoms with Crippen LogP contribution >= 0.6 is 7.60 Å². The van der Waals surface area contributed by atoms with E-state index in [2.05, 4.69) is 25.0 Å². The van der Waals surface area contributed by atoms with Crippen molar-refractivity contribution in [2.45, 2.75) is 79.2 Å². The SMILES string of the molecule is CCOP(=O)(CCNC(=O)CC/C(C)=C/Cc1c(OC)c(C)c2c(c1OCC[Si](C)(C)C)C(=O)OC2)OCC. The summed E-state index contributed by atoms with van der Waals surface area (Å²) in [7, 11) is -2.90. The van der Waals surface area contributed by atoms with Gasteiger partial charge in [0.15, 0.2) is 0 Å². The Morgan fingerprint density at radius 3 is 2.38 bits per heavy atom. The molecule has 0 radical (unpaired) electrons. The number of allylic oxidation sites excluding steroid dienone is 2. The van der Waals surface area contributed by atoms with Gasteiger partial charge in [0.25, 0.3) is 0 Å². The molecule has 0 atom stereocenters. The Bertz CT molecular complexity index is 1090. The van der Waals surface area contributed by atoms with Gasteiger partial charge in [0, 0.05) is 32.2 Å². The van der Waals surface area contributed by atoms with Gasteiger partial charge in [-0.3, -0.25) is 9.36 Å². The average Bonchev–Trinajstić information content (AvgIpc) is 3.24. The molecule has 1 aliphatic heterocycles. The lowest BCUT2D eigenvalue weighted by molar-refractivity contribution is -0.120. The van der Waals surface area contributed by atoms with Crippen LogP contribution in [0.3, 0.4) is 0 Å². The first-order valence-corrected chi connectivity index (χ1v) is 19.1. The van der Waals surface area contributed by atoms with Gasteiger partial charge in [-0.15, -0.1) is 0 Å². The van der Waals surface area contributed by atoms with Crippen molar-refractivity contribution >= 4 is 27.5 Å². The molecule has 1 aromatic carbocycles. The molecular weight excluding hydrogens is 537 g/mol. The number of cyclic esters (lactones) is 1. The topological polar surface area (TPSA) is 109 Å². The minimum atomic E-state index is -3.18. The van der Waals surface area contributed by atoms with E-state index in [0.717, 1.165) is 28.3 Å². The fourth-order valence-corrected chi connectivity index (χ4v) is 6.52. The lowest BCUT2D eigenvalue weighted by Gasteiger charge is -2.21. The van der Waals surface area contributed by atoms with Gasteiger partial charge in [-0.2, -0.15) is 0 Å². The first kappa shape index (κ1) is 33.1. The molecule has 220 valence electrons. The number of benzene rings is 1. The fraction of sp³-hybridized carbons (Fsp3) is 0.643. The molecule has 0 aromatic heterocycles. The number of carbonyl (C=O) groups excluding carboxylic acids is 2. The largest absolute Gasteiger partial charge is 0.496 e. The van der Waals surface area contributed by atoms with Crippen molar-refractivity contribution in [3.8, 4) is 11.5 Å². The summed E-state index contributed by atoms with van der Waals surface area (Å²) >= 11 is 0. The zero-order chi connectivity index (χ0) is 29.2. The third-order valence-corrected chi connectivity index (χ3v) is 10.3. The van der Waals surface area contributed by atoms with Crippen molar-refractivity contribution in [3.05, 3.63) is 33.9 Å². The van der Waals surface area contributed by atoms with Gasteiger partial charge in [-0.05, 0) is 52.1 Å². The highest BCUT2D eigenvalue weighted by Gasteiger charge is 2.33. The second-order valence-corrected chi connectivity index (χ2v) is 18.6. The molecule has 0 saturated carbocycles. The molecule has 1 N–H and O–H groups in total. The van der Waals surface area contributed by atoms with Gasteiger partial charge in [-0.25, -0.2) is 4.79 Å². The number of nitrogens with one attached hydrogen (secondary N) is 1. The molecule has 1 amide bonds. The van der Waals surface area contributed by atoms with E-state index in [9.17, 15) is 14.2 Å². The third kappa shape index (κ3) is 9.78. The van der Waals surface area contributed by atoms with E-state index in [1.807, 2.05) is 19.9 Å². The number of hydrogen-bond acceptors (Lipinski definition) is 8. The summed E-state index contributed by atoms with van der Waals surface area (Å²) in [6, 6.07) is 0.959. The Morgan fingerprint density at radius 1 is 1.13 bits per heavy atom. The molecule has 0 saturated heterocycles. The monoisotopic (exact) mass is 583 g/mol. The van der Waals surface area contributed by atoms with Crippen LogP contribution in [-0.2, 0) is 36.2 Å². The lowest BCUT2D eigenvalue weighted by atomic mass is 9.94. The molecule has 0 aliphatic carbocycles. The predicted octanol–water partition coefficient (Wildman–Crippen LogP) is 6.04. The Morgan fingerprint density at radius 2 is 1.79 bits per heavy atom. The van der Waals surface area contributed by atoms with Crippen molar-refractivity contribution in [3.63, 3.8) is 0 Å². The quantitative estimate of drug-likeness (QED) is 0.102. The minimum absolute atomic E-state index is 0.133. The molecule has 1 aliphatic rings. The Labute approximate surface area is 234 Å². The zero-order valence-corrected chi connectivity index (χ0v) is 26.8. The Hall–Kier alpha value is -2.13. The molecule has 0 spiro atoms. The molecule has 11 heteroatoms. The van der Waals surface area contributed by atoms with E-state index in [1.165, 1.54) is 0 Å². The van der Waals surface area contributed by atoms with Crippen molar-refractivity contribution < 1.29 is 37.4 Å². The van der Waals surface area contributed by atoms with Crippen molar-refractivity contribution in [1.82, 2.24) is 5.32 Å². The average molecular weight is 584 g/mol. The molecule has 0 unspecified atom stereocenters. The van der Waals surface area contributed by atoms with Crippen molar-refractivity contribution in [2.75, 3.05) is 39.6 Å². The predicted molar refractivity (Wildman–Crippen MR) is 156 cm³/mol. The van der Waals surface area contributed by atoms with Crippen LogP contribution in [0.15, 0.2) is 11.6 Å². The first-order valence-electron chi connectivity index (χ1n) is 13.7. The van der Waals surface area contributed by atoms with Gasteiger partial charge < -0.3 is 28.6 Å². The maximum absolute atomic E-state index is 12.7. The molecule has 39 heavy (non-hydrogen) atoms. The second-order valence-electron chi connectivity index (χ2n) is 10.8. The van der Waals surface area contributed by atoms with E-state index in [-0.39, 0.29) is 44.4 Å². The smallest absolute Gasteiger partial charge is 0.342 e. The number of methoxy groups -OCH3 is 1. The molecule has 2 rings (SSSR count). The van der Waals surface area contributed by atoms with E-state index in [0.29, 0.717) is 42.9 Å². The summed E-state index contributed by atoms with van der Waals surface area (Å²) in [5.41, 5.74) is 4.04. The Balaban J connectivity index is 2.11. The lowest BCUT2D eigenvalue weighted by Crippen LogP contribution is -2.26. The summed E-state index contributed by atoms with van der Waals surface area (Å²) in [6.45, 7) is 15.8. The van der Waals surface area contributed by atoms with Crippen LogP contribution in [0.4, 0.5) is 0 Å². The summed E-state index contributed by atoms with van der Waals surface area (Å²) < 4.78 is 40.5. The van der Waals surface area contributed by atoms with Crippen LogP contribution in [0.25, 0.3) is 0 Å². The van der Waals surface area contributed by atoms with Gasteiger partial charge in [0.2, 0.25) is 5.91 Å². The van der Waals surface area contributed by atoms with Gasteiger partial charge >= 0.3 is 13.6 Å². The minimum Gasteiger partial charge on any atom is -0.496 e. The molecule has 0 bridgehead atoms. The number of hydrogen-bond donors (Lipinski definition) is 1. The van der Waals surface area contributed by atoms with Gasteiger partial charge in [0.05, 0.1) is 33.1 Å². The molecule has 1 aromatic rings. The van der Waals surface area contributed by atoms with E-state index >= 15 is 0 Å². The normalized spacial score (nSPS) is 13.7. The van der Waals surface area contributed by atoms with Crippen LogP contribution in [0.5, 0.6) is 11.5 Å². The molecule has 1 heterocycles. The maximum Gasteiger partial charge on any atom is 0.342 e.